The zero-order chi connectivity index (χ0) is 13.7. The fourth-order valence-electron chi connectivity index (χ4n) is 2.47. The van der Waals surface area contributed by atoms with Gasteiger partial charge in [0.1, 0.15) is 5.60 Å². The van der Waals surface area contributed by atoms with Crippen LogP contribution in [0.4, 0.5) is 0 Å². The number of halogens is 1. The lowest BCUT2D eigenvalue weighted by Crippen LogP contribution is -2.47. The van der Waals surface area contributed by atoms with Gasteiger partial charge in [0.25, 0.3) is 0 Å². The van der Waals surface area contributed by atoms with Gasteiger partial charge < -0.3 is 9.47 Å². The van der Waals surface area contributed by atoms with Crippen LogP contribution in [0.5, 0.6) is 0 Å². The molecule has 0 N–H and O–H groups in total. The van der Waals surface area contributed by atoms with Gasteiger partial charge in [-0.2, -0.15) is 0 Å². The Morgan fingerprint density at radius 1 is 1.42 bits per heavy atom. The van der Waals surface area contributed by atoms with Gasteiger partial charge in [0, 0.05) is 43.6 Å². The van der Waals surface area contributed by atoms with Crippen LogP contribution < -0.4 is 0 Å². The van der Waals surface area contributed by atoms with Crippen molar-refractivity contribution in [3.05, 3.63) is 34.3 Å². The highest BCUT2D eigenvalue weighted by Gasteiger charge is 2.40. The summed E-state index contributed by atoms with van der Waals surface area (Å²) in [4.78, 5) is 12.6. The van der Waals surface area contributed by atoms with E-state index in [0.717, 1.165) is 10.0 Å². The molecule has 0 atom stereocenters. The van der Waals surface area contributed by atoms with Gasteiger partial charge in [-0.15, -0.1) is 0 Å². The van der Waals surface area contributed by atoms with Crippen LogP contribution in [0.2, 0.25) is 0 Å². The first-order valence-electron chi connectivity index (χ1n) is 6.66. The van der Waals surface area contributed by atoms with E-state index in [1.54, 1.807) is 0 Å². The number of carbonyl (C=O) groups excluding carboxylic acids is 1. The maximum absolute atomic E-state index is 12.6. The van der Waals surface area contributed by atoms with Crippen molar-refractivity contribution < 1.29 is 14.3 Å². The van der Waals surface area contributed by atoms with Gasteiger partial charge >= 0.3 is 0 Å². The molecule has 1 aromatic carbocycles. The molecule has 0 aromatic heterocycles. The van der Waals surface area contributed by atoms with Crippen molar-refractivity contribution in [1.29, 1.82) is 0 Å². The Morgan fingerprint density at radius 3 is 2.79 bits per heavy atom. The van der Waals surface area contributed by atoms with Gasteiger partial charge in [0.15, 0.2) is 5.78 Å². The van der Waals surface area contributed by atoms with Crippen LogP contribution in [0.3, 0.4) is 0 Å². The normalized spacial score (nSPS) is 18.2. The van der Waals surface area contributed by atoms with E-state index in [9.17, 15) is 4.79 Å². The Labute approximate surface area is 122 Å². The summed E-state index contributed by atoms with van der Waals surface area (Å²) in [5.41, 5.74) is 0.375. The molecular weight excluding hydrogens is 308 g/mol. The fourth-order valence-corrected chi connectivity index (χ4v) is 2.92. The van der Waals surface area contributed by atoms with E-state index in [1.807, 2.05) is 31.2 Å². The highest BCUT2D eigenvalue weighted by atomic mass is 79.9. The minimum absolute atomic E-state index is 0.163. The van der Waals surface area contributed by atoms with Crippen LogP contribution in [0.15, 0.2) is 28.7 Å². The third-order valence-corrected chi connectivity index (χ3v) is 3.98. The molecule has 0 amide bonds. The number of Topliss-reactive ketones (excluding diaryl/α,β-unsaturated/α-hetero) is 1. The number of rotatable bonds is 5. The molecule has 0 saturated carbocycles. The van der Waals surface area contributed by atoms with E-state index in [-0.39, 0.29) is 5.78 Å². The van der Waals surface area contributed by atoms with Crippen molar-refractivity contribution in [3.63, 3.8) is 0 Å². The van der Waals surface area contributed by atoms with Crippen LogP contribution in [0, 0.1) is 0 Å². The topological polar surface area (TPSA) is 35.5 Å². The van der Waals surface area contributed by atoms with Crippen LogP contribution in [0.25, 0.3) is 0 Å². The molecule has 0 bridgehead atoms. The van der Waals surface area contributed by atoms with Gasteiger partial charge in [-0.25, -0.2) is 0 Å². The average Bonchev–Trinajstić information content (AvgIpc) is 2.40. The highest BCUT2D eigenvalue weighted by Crippen LogP contribution is 2.28. The number of ketones is 1. The molecule has 1 saturated heterocycles. The molecule has 104 valence electrons. The van der Waals surface area contributed by atoms with Crippen molar-refractivity contribution in [2.75, 3.05) is 19.8 Å². The molecule has 2 rings (SSSR count). The van der Waals surface area contributed by atoms with E-state index < -0.39 is 5.60 Å². The average molecular weight is 327 g/mol. The summed E-state index contributed by atoms with van der Waals surface area (Å²) < 4.78 is 12.1. The molecule has 1 fully saturated rings. The van der Waals surface area contributed by atoms with Crippen LogP contribution in [-0.4, -0.2) is 31.2 Å². The molecule has 0 unspecified atom stereocenters. The summed E-state index contributed by atoms with van der Waals surface area (Å²) in [7, 11) is 0. The van der Waals surface area contributed by atoms with Crippen LogP contribution in [-0.2, 0) is 20.7 Å². The van der Waals surface area contributed by atoms with E-state index in [1.165, 1.54) is 0 Å². The second-order valence-corrected chi connectivity index (χ2v) is 5.69. The SMILES string of the molecule is CCOC1(C(=O)Cc2cccc(Br)c2)CCOCC1. The molecule has 1 heterocycles. The summed E-state index contributed by atoms with van der Waals surface area (Å²) in [6.07, 6.45) is 1.74. The maximum atomic E-state index is 12.6. The molecule has 4 heteroatoms. The fraction of sp³-hybridized carbons (Fsp3) is 0.533. The molecule has 3 nitrogen and oxygen atoms in total. The van der Waals surface area contributed by atoms with Crippen molar-refractivity contribution >= 4 is 21.7 Å². The van der Waals surface area contributed by atoms with Crippen molar-refractivity contribution in [1.82, 2.24) is 0 Å². The summed E-state index contributed by atoms with van der Waals surface area (Å²) in [5, 5.41) is 0. The predicted octanol–water partition coefficient (Wildman–Crippen LogP) is 3.15. The smallest absolute Gasteiger partial charge is 0.169 e. The minimum Gasteiger partial charge on any atom is -0.381 e. The molecule has 0 aliphatic carbocycles. The molecule has 1 aliphatic heterocycles. The number of hydrogen-bond donors (Lipinski definition) is 0. The van der Waals surface area contributed by atoms with Gasteiger partial charge in [-0.3, -0.25) is 4.79 Å². The lowest BCUT2D eigenvalue weighted by molar-refractivity contribution is -0.156. The Kier molecular flexibility index (Phi) is 5.13. The van der Waals surface area contributed by atoms with Gasteiger partial charge in [0.05, 0.1) is 0 Å². The lowest BCUT2D eigenvalue weighted by atomic mass is 9.86. The second-order valence-electron chi connectivity index (χ2n) is 4.77. The molecule has 0 spiro atoms. The zero-order valence-electron chi connectivity index (χ0n) is 11.2. The second kappa shape index (κ2) is 6.64. The van der Waals surface area contributed by atoms with Crippen molar-refractivity contribution in [2.45, 2.75) is 31.8 Å². The van der Waals surface area contributed by atoms with E-state index >= 15 is 0 Å². The van der Waals surface area contributed by atoms with E-state index in [0.29, 0.717) is 39.1 Å². The quantitative estimate of drug-likeness (QED) is 0.833. The third-order valence-electron chi connectivity index (χ3n) is 3.48. The Hall–Kier alpha value is -0.710. The van der Waals surface area contributed by atoms with Crippen LogP contribution in [0.1, 0.15) is 25.3 Å². The van der Waals surface area contributed by atoms with Crippen molar-refractivity contribution in [2.24, 2.45) is 0 Å². The Bertz CT molecular complexity index is 433. The standard InChI is InChI=1S/C15H19BrO3/c1-2-19-15(6-8-18-9-7-15)14(17)11-12-4-3-5-13(16)10-12/h3-5,10H,2,6-9,11H2,1H3. The zero-order valence-corrected chi connectivity index (χ0v) is 12.7. The number of benzene rings is 1. The predicted molar refractivity (Wildman–Crippen MR) is 77.3 cm³/mol. The summed E-state index contributed by atoms with van der Waals surface area (Å²) in [6, 6.07) is 7.86. The summed E-state index contributed by atoms with van der Waals surface area (Å²) >= 11 is 3.43. The Balaban J connectivity index is 2.11. The first-order chi connectivity index (χ1) is 9.16. The molecule has 1 aliphatic rings. The molecule has 1 aromatic rings. The van der Waals surface area contributed by atoms with Crippen molar-refractivity contribution in [3.8, 4) is 0 Å². The van der Waals surface area contributed by atoms with Crippen LogP contribution >= 0.6 is 15.9 Å². The first kappa shape index (κ1) is 14.7. The number of ether oxygens (including phenoxy) is 2. The van der Waals surface area contributed by atoms with E-state index in [4.69, 9.17) is 9.47 Å². The largest absolute Gasteiger partial charge is 0.381 e. The first-order valence-corrected chi connectivity index (χ1v) is 7.45. The third kappa shape index (κ3) is 3.65. The molecular formula is C15H19BrO3. The number of carbonyl (C=O) groups is 1. The Morgan fingerprint density at radius 2 is 2.16 bits per heavy atom. The lowest BCUT2D eigenvalue weighted by Gasteiger charge is -2.35. The summed E-state index contributed by atoms with van der Waals surface area (Å²) in [5.74, 6) is 0.163. The summed E-state index contributed by atoms with van der Waals surface area (Å²) in [6.45, 7) is 3.70. The van der Waals surface area contributed by atoms with Gasteiger partial charge in [-0.05, 0) is 24.6 Å². The minimum atomic E-state index is -0.644. The van der Waals surface area contributed by atoms with Gasteiger partial charge in [-0.1, -0.05) is 28.1 Å². The highest BCUT2D eigenvalue weighted by molar-refractivity contribution is 9.10. The van der Waals surface area contributed by atoms with Gasteiger partial charge in [0.2, 0.25) is 0 Å². The maximum Gasteiger partial charge on any atom is 0.169 e. The molecule has 0 radical (unpaired) electrons. The van der Waals surface area contributed by atoms with E-state index in [2.05, 4.69) is 15.9 Å². The molecule has 19 heavy (non-hydrogen) atoms. The monoisotopic (exact) mass is 326 g/mol. The number of hydrogen-bond acceptors (Lipinski definition) is 3.